The molecule has 826 valence electrons. The van der Waals surface area contributed by atoms with E-state index in [2.05, 4.69) is 94.7 Å². The number of hydrogen-bond acceptors (Lipinski definition) is 28. The minimum Gasteiger partial charge on any atom is -0.481 e. The number of aromatic nitrogens is 2. The van der Waals surface area contributed by atoms with Gasteiger partial charge in [-0.2, -0.15) is 0 Å². The second-order valence-corrected chi connectivity index (χ2v) is 39.1. The maximum absolute atomic E-state index is 15.1. The lowest BCUT2D eigenvalue weighted by Crippen LogP contribution is -2.63. The van der Waals surface area contributed by atoms with Gasteiger partial charge < -0.3 is 153 Å². The minimum absolute atomic E-state index is 0.0217. The first kappa shape index (κ1) is 126. The maximum Gasteiger partial charge on any atom is 0.326 e. The summed E-state index contributed by atoms with van der Waals surface area (Å²) in [5.41, 5.74) is 17.3. The number of aromatic amines is 1. The van der Waals surface area contributed by atoms with Crippen LogP contribution in [0.15, 0.2) is 47.8 Å². The van der Waals surface area contributed by atoms with Crippen LogP contribution < -0.4 is 97.0 Å². The Morgan fingerprint density at radius 3 is 1.23 bits per heavy atom. The van der Waals surface area contributed by atoms with Crippen molar-refractivity contribution in [1.82, 2.24) is 99.5 Å². The third-order valence-electron chi connectivity index (χ3n) is 24.4. The van der Waals surface area contributed by atoms with Crippen molar-refractivity contribution in [1.29, 1.82) is 0 Å². The molecule has 0 unspecified atom stereocenters. The zero-order valence-electron chi connectivity index (χ0n) is 85.7. The van der Waals surface area contributed by atoms with Crippen molar-refractivity contribution in [2.24, 2.45) is 57.7 Å². The molecule has 3 heterocycles. The van der Waals surface area contributed by atoms with Crippen molar-refractivity contribution in [2.45, 2.75) is 333 Å². The number of carbonyl (C=O) groups excluding carboxylic acids is 17. The molecule has 2 aromatic rings. The Morgan fingerprint density at radius 2 is 0.797 bits per heavy atom. The molecule has 2 saturated heterocycles. The number of aliphatic hydroxyl groups excluding tert-OH is 3. The molecule has 1 aromatic carbocycles. The van der Waals surface area contributed by atoms with E-state index in [1.54, 1.807) is 99.6 Å². The number of guanidine groups is 1. The van der Waals surface area contributed by atoms with Gasteiger partial charge in [-0.1, -0.05) is 120 Å². The van der Waals surface area contributed by atoms with E-state index in [0.29, 0.717) is 5.56 Å². The molecule has 4 rings (SSSR count). The summed E-state index contributed by atoms with van der Waals surface area (Å²) in [5.74, 6) is -28.5. The molecule has 0 spiro atoms. The van der Waals surface area contributed by atoms with Gasteiger partial charge in [0.15, 0.2) is 5.96 Å². The van der Waals surface area contributed by atoms with Gasteiger partial charge in [-0.15, -0.1) is 0 Å². The van der Waals surface area contributed by atoms with Crippen molar-refractivity contribution in [3.05, 3.63) is 54.1 Å². The molecular formula is C95H151N23O30. The molecule has 20 atom stereocenters. The number of rotatable bonds is 66. The van der Waals surface area contributed by atoms with E-state index in [9.17, 15) is 137 Å². The van der Waals surface area contributed by atoms with Crippen LogP contribution in [0.25, 0.3) is 0 Å². The highest BCUT2D eigenvalue weighted by atomic mass is 16.4. The van der Waals surface area contributed by atoms with Crippen molar-refractivity contribution in [3.63, 3.8) is 0 Å². The van der Waals surface area contributed by atoms with E-state index in [4.69, 9.17) is 17.2 Å². The number of hydrogen-bond donors (Lipinski definition) is 27. The summed E-state index contributed by atoms with van der Waals surface area (Å²) in [6.07, 6.45) is -4.87. The van der Waals surface area contributed by atoms with Crippen molar-refractivity contribution in [2.75, 3.05) is 32.8 Å². The highest BCUT2D eigenvalue weighted by Gasteiger charge is 2.47. The number of carbonyl (C=O) groups is 22. The summed E-state index contributed by atoms with van der Waals surface area (Å²) >= 11 is 0. The zero-order valence-corrected chi connectivity index (χ0v) is 85.7. The zero-order chi connectivity index (χ0) is 111. The summed E-state index contributed by atoms with van der Waals surface area (Å²) in [6, 6.07) is -21.2. The SMILES string of the molecule is CC[C@H](C)[C@H](NC(=O)[C@@H]1CCCN1C(=O)[C@@H]1CCCN1C(=O)[C@H](CCC(=O)O)NC(=O)[C@H](CCC(=O)O)NC(=O)[C@@H](N)CO)C(=O)N[C@@H](CO)C(=O)N[C@@H](CC(C)C)C(=O)N[C@@H](CC(=O)O)C(=O)N[C@@H](CC(C)C)C(=O)N[C@H](C(=O)N[C@@H](Cc1ccccc1)C(=O)N[C@@H](Cc1c[nH]cn1)C(=O)N[C@@H](CC(C)C)C(=O)N[C@@H](CC(C)C)C(=O)N[C@@H](CCCN=C(N)N)C(=O)N[C@@H](CCC(=O)O)C(=O)N[C@H](C(=O)O)C(C)C)[C@@H](C)O. The second kappa shape index (κ2) is 62.8. The standard InChI is InChI=1S/C95H151N23O30/c1-14-51(12)75(115-89(142)68-24-19-33-117(68)93(146)69-25-20-34-118(69)92(145)59(28-31-72(126)127)105-79(132)57(26-29-70(122)123)102-77(130)55(96)43-119)90(143)113-67(44-120)88(141)109-62(37-48(6)7)83(136)111-66(41-73(128)129)86(139)108-63(38-49(8)9)87(140)116-76(52(13)121)91(144)112-64(39-53-21-16-15-17-22-53)84(137)110-65(40-54-42-99-45-101-54)85(138)107-61(36-47(4)5)82(135)106-60(35-46(2)3)81(134)103-56(23-18-32-100-95(97)98)78(131)104-58(27-30-71(124)125)80(133)114-74(50(10)11)94(147)148/h15-17,21-22,42,45-52,55-69,74-76,119-121H,14,18-20,23-41,43-44,96H2,1-13H3,(H,99,101)(H,102,130)(H,103,134)(H,104,131)(H,105,132)(H,106,135)(H,107,138)(H,108,139)(H,109,141)(H,110,137)(H,111,136)(H,112,144)(H,113,143)(H,114,133)(H,115,142)(H,116,140)(H,122,123)(H,124,125)(H,126,127)(H,128,129)(H,147,148)(H4,97,98,100)/t51-,52+,55-,56-,57-,58-,59-,60-,61-,62-,63-,64-,65-,66-,67-,68-,69-,74-,75-,76-/m0/s1. The second-order valence-electron chi connectivity index (χ2n) is 39.1. The Kier molecular flexibility index (Phi) is 53.5. The molecule has 53 heteroatoms. The molecule has 0 aliphatic carbocycles. The number of benzene rings is 1. The van der Waals surface area contributed by atoms with Crippen LogP contribution in [0.4, 0.5) is 0 Å². The first-order chi connectivity index (χ1) is 69.5. The van der Waals surface area contributed by atoms with E-state index in [1.165, 1.54) is 31.3 Å². The summed E-state index contributed by atoms with van der Waals surface area (Å²) < 4.78 is 0. The maximum atomic E-state index is 15.1. The number of aliphatic imine (C=N–C) groups is 1. The highest BCUT2D eigenvalue weighted by Crippen LogP contribution is 2.28. The number of carboxylic acid groups (broad SMARTS) is 5. The summed E-state index contributed by atoms with van der Waals surface area (Å²) in [4.78, 5) is 318. The van der Waals surface area contributed by atoms with Crippen LogP contribution >= 0.6 is 0 Å². The van der Waals surface area contributed by atoms with Crippen LogP contribution in [0.1, 0.15) is 217 Å². The van der Waals surface area contributed by atoms with Gasteiger partial charge in [0.2, 0.25) is 100 Å². The predicted molar refractivity (Wildman–Crippen MR) is 527 cm³/mol. The van der Waals surface area contributed by atoms with Gasteiger partial charge >= 0.3 is 29.8 Å². The number of aliphatic carboxylic acids is 5. The monoisotopic (exact) mass is 2090 g/mol. The number of nitrogens with zero attached hydrogens (tertiary/aromatic N) is 4. The van der Waals surface area contributed by atoms with E-state index in [-0.39, 0.29) is 127 Å². The van der Waals surface area contributed by atoms with Gasteiger partial charge in [0.1, 0.15) is 109 Å². The molecule has 53 nitrogen and oxygen atoms in total. The Morgan fingerprint density at radius 1 is 0.419 bits per heavy atom. The third-order valence-corrected chi connectivity index (χ3v) is 24.4. The van der Waals surface area contributed by atoms with Gasteiger partial charge in [0.05, 0.1) is 37.8 Å². The average molecular weight is 2100 g/mol. The van der Waals surface area contributed by atoms with Crippen LogP contribution in [-0.4, -0.2) is 345 Å². The summed E-state index contributed by atoms with van der Waals surface area (Å²) in [5, 5.41) is 117. The number of H-pyrrole nitrogens is 1. The minimum atomic E-state index is -2.06. The van der Waals surface area contributed by atoms with Gasteiger partial charge in [0, 0.05) is 57.9 Å². The Labute approximate surface area is 856 Å². The van der Waals surface area contributed by atoms with E-state index < -0.39 is 327 Å². The van der Waals surface area contributed by atoms with Gasteiger partial charge in [-0.3, -0.25) is 106 Å². The Bertz CT molecular complexity index is 4880. The fourth-order valence-electron chi connectivity index (χ4n) is 16.3. The molecule has 2 aliphatic heterocycles. The molecule has 2 aliphatic rings. The smallest absolute Gasteiger partial charge is 0.326 e. The number of imidazole rings is 1. The third kappa shape index (κ3) is 43.1. The van der Waals surface area contributed by atoms with Gasteiger partial charge in [-0.25, -0.2) is 9.78 Å². The van der Waals surface area contributed by atoms with Crippen LogP contribution in [0.3, 0.4) is 0 Å². The number of nitrogens with two attached hydrogens (primary N) is 3. The van der Waals surface area contributed by atoms with E-state index >= 15 is 9.59 Å². The van der Waals surface area contributed by atoms with Crippen LogP contribution in [-0.2, 0) is 118 Å². The number of carboxylic acids is 5. The molecular weight excluding hydrogens is 1940 g/mol. The lowest BCUT2D eigenvalue weighted by atomic mass is 9.97. The quantitative estimate of drug-likeness (QED) is 0.0167. The lowest BCUT2D eigenvalue weighted by molar-refractivity contribution is -0.148. The van der Waals surface area contributed by atoms with E-state index in [0.717, 1.165) is 11.8 Å². The topological polar surface area (TPSA) is 843 Å². The number of nitrogens with one attached hydrogen (secondary N) is 16. The lowest BCUT2D eigenvalue weighted by Gasteiger charge is -2.34. The van der Waals surface area contributed by atoms with Crippen LogP contribution in [0.2, 0.25) is 0 Å². The molecule has 30 N–H and O–H groups in total. The van der Waals surface area contributed by atoms with Crippen LogP contribution in [0, 0.1) is 35.5 Å². The molecule has 148 heavy (non-hydrogen) atoms. The highest BCUT2D eigenvalue weighted by molar-refractivity contribution is 6.03. The summed E-state index contributed by atoms with van der Waals surface area (Å²) in [6.45, 7) is 18.5. The fraction of sp³-hybridized carbons (Fsp3) is 0.663. The first-order valence-corrected chi connectivity index (χ1v) is 49.5. The molecule has 2 fully saturated rings. The van der Waals surface area contributed by atoms with Gasteiger partial charge in [0.25, 0.3) is 0 Å². The Hall–Kier alpha value is -14.1. The average Bonchev–Trinajstić information content (AvgIpc) is 1.64. The largest absolute Gasteiger partial charge is 0.481 e. The van der Waals surface area contributed by atoms with Crippen molar-refractivity contribution in [3.8, 4) is 0 Å². The molecule has 17 amide bonds. The normalized spacial score (nSPS) is 17.1. The molecule has 0 radical (unpaired) electrons. The van der Waals surface area contributed by atoms with E-state index in [1.807, 2.05) is 0 Å². The first-order valence-electron chi connectivity index (χ1n) is 49.5. The fourth-order valence-corrected chi connectivity index (χ4v) is 16.3. The van der Waals surface area contributed by atoms with Crippen molar-refractivity contribution >= 4 is 136 Å². The summed E-state index contributed by atoms with van der Waals surface area (Å²) in [7, 11) is 0. The van der Waals surface area contributed by atoms with Crippen LogP contribution in [0.5, 0.6) is 0 Å². The van der Waals surface area contributed by atoms with Crippen molar-refractivity contribution < 1.29 is 146 Å². The molecule has 0 bridgehead atoms. The predicted octanol–water partition coefficient (Wildman–Crippen LogP) is -5.76. The Balaban J connectivity index is 1.59. The number of likely N-dealkylation sites (tertiary alicyclic amines) is 2. The molecule has 0 saturated carbocycles. The number of amides is 17. The van der Waals surface area contributed by atoms with Gasteiger partial charge in [-0.05, 0) is 131 Å². The molecule has 1 aromatic heterocycles. The number of aliphatic hydroxyl groups is 3.